The molecule has 2 aliphatic carbocycles. The van der Waals surface area contributed by atoms with E-state index in [1.54, 1.807) is 4.52 Å². The van der Waals surface area contributed by atoms with Gasteiger partial charge in [-0.15, -0.1) is 0 Å². The molecule has 0 amide bonds. The van der Waals surface area contributed by atoms with Crippen molar-refractivity contribution in [2.75, 3.05) is 18.4 Å². The number of nitrogens with one attached hydrogen (secondary N) is 2. The van der Waals surface area contributed by atoms with Crippen LogP contribution in [0.3, 0.4) is 0 Å². The molecule has 8 heteroatoms. The smallest absolute Gasteiger partial charge is 0.227 e. The van der Waals surface area contributed by atoms with Gasteiger partial charge in [-0.1, -0.05) is 48.5 Å². The molecule has 2 aliphatic rings. The molecule has 1 aromatic carbocycles. The Morgan fingerprint density at radius 2 is 1.74 bits per heavy atom. The summed E-state index contributed by atoms with van der Waals surface area (Å²) in [5.74, 6) is 1.36. The molecule has 34 heavy (non-hydrogen) atoms. The predicted octanol–water partition coefficient (Wildman–Crippen LogP) is 6.62. The molecular weight excluding hydrogens is 467 g/mol. The number of aromatic nitrogens is 4. The SMILES string of the molecule is Cc1nc(NCCNC2CCCCC2)n2nc(C)c(-c3c(Cl)cc(C4=CCCC4)cc3Cl)c2n1. The summed E-state index contributed by atoms with van der Waals surface area (Å²) in [6, 6.07) is 4.67. The Kier molecular flexibility index (Phi) is 7.09. The summed E-state index contributed by atoms with van der Waals surface area (Å²) in [6.45, 7) is 5.52. The molecule has 2 N–H and O–H groups in total. The first-order valence-corrected chi connectivity index (χ1v) is 13.2. The highest BCUT2D eigenvalue weighted by molar-refractivity contribution is 6.40. The molecule has 0 spiro atoms. The van der Waals surface area contributed by atoms with Crippen molar-refractivity contribution in [2.45, 2.75) is 71.3 Å². The third kappa shape index (κ3) is 4.81. The van der Waals surface area contributed by atoms with E-state index in [2.05, 4.69) is 21.7 Å². The minimum absolute atomic E-state index is 0.621. The van der Waals surface area contributed by atoms with E-state index in [1.165, 1.54) is 44.1 Å². The predicted molar refractivity (Wildman–Crippen MR) is 141 cm³/mol. The number of hydrogen-bond donors (Lipinski definition) is 2. The van der Waals surface area contributed by atoms with Crippen molar-refractivity contribution in [2.24, 2.45) is 0 Å². The van der Waals surface area contributed by atoms with E-state index >= 15 is 0 Å². The van der Waals surface area contributed by atoms with Crippen LogP contribution in [0.4, 0.5) is 5.95 Å². The van der Waals surface area contributed by atoms with Gasteiger partial charge in [0.15, 0.2) is 5.65 Å². The number of halogens is 2. The number of fused-ring (bicyclic) bond motifs is 1. The summed E-state index contributed by atoms with van der Waals surface area (Å²) in [6.07, 6.45) is 12.2. The molecule has 180 valence electrons. The van der Waals surface area contributed by atoms with Crippen molar-refractivity contribution in [1.82, 2.24) is 24.9 Å². The van der Waals surface area contributed by atoms with E-state index in [-0.39, 0.29) is 0 Å². The van der Waals surface area contributed by atoms with Crippen molar-refractivity contribution in [1.29, 1.82) is 0 Å². The van der Waals surface area contributed by atoms with Crippen LogP contribution in [0.2, 0.25) is 10.0 Å². The van der Waals surface area contributed by atoms with Gasteiger partial charge in [0.1, 0.15) is 5.82 Å². The minimum Gasteiger partial charge on any atom is -0.353 e. The van der Waals surface area contributed by atoms with Gasteiger partial charge in [0.05, 0.1) is 21.3 Å². The fraction of sp³-hybridized carbons (Fsp3) is 0.500. The molecule has 2 aromatic heterocycles. The Morgan fingerprint density at radius 3 is 2.44 bits per heavy atom. The number of anilines is 1. The molecule has 0 aliphatic heterocycles. The van der Waals surface area contributed by atoms with Crippen LogP contribution < -0.4 is 10.6 Å². The van der Waals surface area contributed by atoms with Crippen LogP contribution in [0.5, 0.6) is 0 Å². The van der Waals surface area contributed by atoms with E-state index in [9.17, 15) is 0 Å². The van der Waals surface area contributed by atoms with Gasteiger partial charge in [0, 0.05) is 24.7 Å². The van der Waals surface area contributed by atoms with E-state index in [1.807, 2.05) is 26.0 Å². The van der Waals surface area contributed by atoms with Crippen molar-refractivity contribution in [3.8, 4) is 11.1 Å². The zero-order valence-corrected chi connectivity index (χ0v) is 21.4. The average Bonchev–Trinajstić information content (AvgIpc) is 3.46. The third-order valence-corrected chi connectivity index (χ3v) is 7.52. The zero-order chi connectivity index (χ0) is 23.7. The molecule has 0 bridgehead atoms. The average molecular weight is 499 g/mol. The van der Waals surface area contributed by atoms with Crippen LogP contribution in [-0.4, -0.2) is 38.7 Å². The quantitative estimate of drug-likeness (QED) is 0.358. The van der Waals surface area contributed by atoms with Gasteiger partial charge in [0.2, 0.25) is 5.95 Å². The van der Waals surface area contributed by atoms with Crippen LogP contribution >= 0.6 is 23.2 Å². The Balaban J connectivity index is 1.43. The van der Waals surface area contributed by atoms with Crippen molar-refractivity contribution in [3.05, 3.63) is 45.3 Å². The summed E-state index contributed by atoms with van der Waals surface area (Å²) < 4.78 is 1.78. The maximum Gasteiger partial charge on any atom is 0.227 e. The van der Waals surface area contributed by atoms with Gasteiger partial charge < -0.3 is 10.6 Å². The maximum atomic E-state index is 6.82. The highest BCUT2D eigenvalue weighted by Gasteiger charge is 2.22. The summed E-state index contributed by atoms with van der Waals surface area (Å²) in [4.78, 5) is 9.34. The second-order valence-corrected chi connectivity index (χ2v) is 10.3. The van der Waals surface area contributed by atoms with Gasteiger partial charge in [-0.2, -0.15) is 14.6 Å². The number of hydrogen-bond acceptors (Lipinski definition) is 5. The fourth-order valence-electron chi connectivity index (χ4n) is 5.24. The van der Waals surface area contributed by atoms with E-state index < -0.39 is 0 Å². The summed E-state index contributed by atoms with van der Waals surface area (Å²) >= 11 is 13.6. The second kappa shape index (κ2) is 10.2. The van der Waals surface area contributed by atoms with Gasteiger partial charge in [0.25, 0.3) is 0 Å². The van der Waals surface area contributed by atoms with Crippen molar-refractivity contribution < 1.29 is 0 Å². The van der Waals surface area contributed by atoms with Crippen LogP contribution in [0.1, 0.15) is 68.4 Å². The largest absolute Gasteiger partial charge is 0.353 e. The van der Waals surface area contributed by atoms with Gasteiger partial charge >= 0.3 is 0 Å². The number of rotatable bonds is 7. The van der Waals surface area contributed by atoms with Crippen LogP contribution in [0.25, 0.3) is 22.3 Å². The Bertz CT molecular complexity index is 1200. The molecule has 5 rings (SSSR count). The molecule has 0 atom stereocenters. The lowest BCUT2D eigenvalue weighted by atomic mass is 9.95. The first kappa shape index (κ1) is 23.6. The lowest BCUT2D eigenvalue weighted by molar-refractivity contribution is 0.378. The van der Waals surface area contributed by atoms with E-state index in [0.717, 1.165) is 48.3 Å². The Hall–Kier alpha value is -2.15. The summed E-state index contributed by atoms with van der Waals surface area (Å²) in [7, 11) is 0. The highest BCUT2D eigenvalue weighted by Crippen LogP contribution is 2.42. The maximum absolute atomic E-state index is 6.82. The van der Waals surface area contributed by atoms with Crippen LogP contribution in [0.15, 0.2) is 18.2 Å². The first-order valence-electron chi connectivity index (χ1n) is 12.4. The van der Waals surface area contributed by atoms with Gasteiger partial charge in [-0.05, 0) is 69.2 Å². The van der Waals surface area contributed by atoms with Crippen LogP contribution in [-0.2, 0) is 0 Å². The molecule has 0 radical (unpaired) electrons. The number of nitrogens with zero attached hydrogens (tertiary/aromatic N) is 4. The molecule has 2 heterocycles. The molecule has 3 aromatic rings. The molecule has 0 saturated heterocycles. The van der Waals surface area contributed by atoms with Crippen molar-refractivity contribution >= 4 is 40.4 Å². The number of allylic oxidation sites excluding steroid dienone is 2. The normalized spacial score (nSPS) is 16.9. The van der Waals surface area contributed by atoms with Gasteiger partial charge in [-0.25, -0.2) is 4.98 Å². The Labute approximate surface area is 211 Å². The standard InChI is InChI=1S/C26H32Cl2N6/c1-16-23(24-21(27)14-19(15-22(24)28)18-8-6-7-9-18)25-31-17(2)32-26(34(25)33-16)30-13-12-29-20-10-4-3-5-11-20/h8,14-15,20,29H,3-7,9-13H2,1-2H3,(H,30,31,32). The number of aryl methyl sites for hydroxylation is 2. The molecule has 1 saturated carbocycles. The zero-order valence-electron chi connectivity index (χ0n) is 19.9. The Morgan fingerprint density at radius 1 is 0.971 bits per heavy atom. The second-order valence-electron chi connectivity index (χ2n) is 9.44. The number of benzene rings is 1. The minimum atomic E-state index is 0.621. The van der Waals surface area contributed by atoms with Gasteiger partial charge in [-0.3, -0.25) is 0 Å². The van der Waals surface area contributed by atoms with E-state index in [4.69, 9.17) is 33.3 Å². The highest BCUT2D eigenvalue weighted by atomic mass is 35.5. The summed E-state index contributed by atoms with van der Waals surface area (Å²) in [5.41, 5.74) is 5.59. The summed E-state index contributed by atoms with van der Waals surface area (Å²) in [5, 5.41) is 13.1. The monoisotopic (exact) mass is 498 g/mol. The van der Waals surface area contributed by atoms with Crippen molar-refractivity contribution in [3.63, 3.8) is 0 Å². The molecule has 1 fully saturated rings. The lowest BCUT2D eigenvalue weighted by Crippen LogP contribution is -2.34. The first-order chi connectivity index (χ1) is 16.5. The van der Waals surface area contributed by atoms with E-state index in [0.29, 0.717) is 33.5 Å². The van der Waals surface area contributed by atoms with Crippen LogP contribution in [0, 0.1) is 13.8 Å². The molecule has 6 nitrogen and oxygen atoms in total. The lowest BCUT2D eigenvalue weighted by Gasteiger charge is -2.22. The fourth-order valence-corrected chi connectivity index (χ4v) is 5.92. The molecule has 0 unspecified atom stereocenters. The topological polar surface area (TPSA) is 67.1 Å². The third-order valence-electron chi connectivity index (χ3n) is 6.92. The molecular formula is C26H32Cl2N6.